The van der Waals surface area contributed by atoms with E-state index < -0.39 is 0 Å². The molecule has 3 aromatic carbocycles. The second kappa shape index (κ2) is 9.11. The molecular formula is C26H25IN2. The lowest BCUT2D eigenvalue weighted by molar-refractivity contribution is 0.110. The Labute approximate surface area is 187 Å². The van der Waals surface area contributed by atoms with Gasteiger partial charge < -0.3 is 0 Å². The minimum atomic E-state index is 0.0113. The van der Waals surface area contributed by atoms with Gasteiger partial charge in [0.1, 0.15) is 0 Å². The molecule has 1 heterocycles. The molecule has 4 rings (SSSR count). The van der Waals surface area contributed by atoms with E-state index in [1.165, 1.54) is 29.5 Å². The third kappa shape index (κ3) is 4.24. The second-order valence-corrected chi connectivity index (χ2v) is 8.76. The van der Waals surface area contributed by atoms with Crippen molar-refractivity contribution in [1.82, 2.24) is 4.90 Å². The lowest BCUT2D eigenvalue weighted by atomic mass is 9.68. The Kier molecular flexibility index (Phi) is 6.32. The van der Waals surface area contributed by atoms with Gasteiger partial charge in [0.15, 0.2) is 0 Å². The molecule has 146 valence electrons. The van der Waals surface area contributed by atoms with E-state index >= 15 is 0 Å². The molecule has 0 aromatic heterocycles. The van der Waals surface area contributed by atoms with Crippen LogP contribution in [0.15, 0.2) is 84.9 Å². The van der Waals surface area contributed by atoms with Crippen LogP contribution in [0.3, 0.4) is 0 Å². The molecule has 1 atom stereocenters. The van der Waals surface area contributed by atoms with Crippen molar-refractivity contribution >= 4 is 22.6 Å². The lowest BCUT2D eigenvalue weighted by Crippen LogP contribution is -2.51. The maximum absolute atomic E-state index is 9.09. The normalized spacial score (nSPS) is 18.8. The predicted octanol–water partition coefficient (Wildman–Crippen LogP) is 5.94. The van der Waals surface area contributed by atoms with E-state index in [0.717, 1.165) is 23.1 Å². The van der Waals surface area contributed by atoms with Gasteiger partial charge in [0, 0.05) is 29.0 Å². The van der Waals surface area contributed by atoms with E-state index in [9.17, 15) is 0 Å². The number of nitriles is 1. The molecule has 0 spiro atoms. The van der Waals surface area contributed by atoms with Crippen LogP contribution in [-0.4, -0.2) is 21.9 Å². The number of alkyl halides is 1. The number of nitrogens with zero attached hydrogens (tertiary/aromatic N) is 2. The van der Waals surface area contributed by atoms with Crippen LogP contribution in [0.4, 0.5) is 0 Å². The molecule has 0 aliphatic carbocycles. The average molecular weight is 492 g/mol. The fourth-order valence-electron chi connectivity index (χ4n) is 4.58. The van der Waals surface area contributed by atoms with Gasteiger partial charge in [0.2, 0.25) is 0 Å². The summed E-state index contributed by atoms with van der Waals surface area (Å²) in [7, 11) is 0. The molecular weight excluding hydrogens is 467 g/mol. The van der Waals surface area contributed by atoms with Crippen LogP contribution in [0.2, 0.25) is 0 Å². The van der Waals surface area contributed by atoms with Crippen LogP contribution < -0.4 is 0 Å². The first kappa shape index (κ1) is 20.1. The Balaban J connectivity index is 1.70. The van der Waals surface area contributed by atoms with Crippen LogP contribution in [0.5, 0.6) is 0 Å². The number of halogens is 1. The van der Waals surface area contributed by atoms with Gasteiger partial charge in [0.25, 0.3) is 0 Å². The molecule has 1 unspecified atom stereocenters. The van der Waals surface area contributed by atoms with Crippen LogP contribution in [0.25, 0.3) is 0 Å². The van der Waals surface area contributed by atoms with Gasteiger partial charge in [-0.05, 0) is 41.7 Å². The highest BCUT2D eigenvalue weighted by Gasteiger charge is 2.41. The van der Waals surface area contributed by atoms with Crippen molar-refractivity contribution in [2.45, 2.75) is 30.8 Å². The van der Waals surface area contributed by atoms with E-state index in [0.29, 0.717) is 6.04 Å². The molecule has 3 aromatic rings. The molecule has 1 aliphatic heterocycles. The molecule has 0 N–H and O–H groups in total. The Morgan fingerprint density at radius 2 is 1.48 bits per heavy atom. The summed E-state index contributed by atoms with van der Waals surface area (Å²) in [4.78, 5) is 2.65. The Morgan fingerprint density at radius 3 is 2.00 bits per heavy atom. The highest BCUT2D eigenvalue weighted by molar-refractivity contribution is 14.1. The topological polar surface area (TPSA) is 27.0 Å². The van der Waals surface area contributed by atoms with Gasteiger partial charge in [-0.25, -0.2) is 0 Å². The number of likely N-dealkylation sites (tertiary alicyclic amines) is 1. The number of rotatable bonds is 5. The molecule has 0 amide bonds. The summed E-state index contributed by atoms with van der Waals surface area (Å²) in [5.74, 6) is 0. The van der Waals surface area contributed by atoms with Gasteiger partial charge in [-0.15, -0.1) is 0 Å². The Hall–Kier alpha value is -2.16. The summed E-state index contributed by atoms with van der Waals surface area (Å²) < 4.78 is 1.13. The van der Waals surface area contributed by atoms with Crippen LogP contribution in [0, 0.1) is 11.3 Å². The molecule has 1 aliphatic rings. The third-order valence-electron chi connectivity index (χ3n) is 6.19. The molecule has 0 saturated carbocycles. The Morgan fingerprint density at radius 1 is 0.897 bits per heavy atom. The highest BCUT2D eigenvalue weighted by atomic mass is 127. The minimum Gasteiger partial charge on any atom is -0.294 e. The van der Waals surface area contributed by atoms with Gasteiger partial charge >= 0.3 is 0 Å². The maximum atomic E-state index is 9.09. The van der Waals surface area contributed by atoms with Crippen LogP contribution >= 0.6 is 22.6 Å². The molecule has 0 bridgehead atoms. The van der Waals surface area contributed by atoms with E-state index in [2.05, 4.69) is 106 Å². The molecule has 29 heavy (non-hydrogen) atoms. The largest absolute Gasteiger partial charge is 0.294 e. The zero-order valence-electron chi connectivity index (χ0n) is 16.5. The van der Waals surface area contributed by atoms with Crippen molar-refractivity contribution in [3.63, 3.8) is 0 Å². The summed E-state index contributed by atoms with van der Waals surface area (Å²) in [6, 6.07) is 32.9. The van der Waals surface area contributed by atoms with E-state index in [1.54, 1.807) is 0 Å². The van der Waals surface area contributed by atoms with Gasteiger partial charge in [-0.2, -0.15) is 5.26 Å². The molecule has 2 nitrogen and oxygen atoms in total. The van der Waals surface area contributed by atoms with Crippen LogP contribution in [-0.2, 0) is 12.0 Å². The van der Waals surface area contributed by atoms with Gasteiger partial charge in [-0.3, -0.25) is 4.90 Å². The maximum Gasteiger partial charge on any atom is 0.0991 e. The quantitative estimate of drug-likeness (QED) is 0.326. The smallest absolute Gasteiger partial charge is 0.0991 e. The number of hydrogen-bond acceptors (Lipinski definition) is 2. The first-order chi connectivity index (χ1) is 14.2. The van der Waals surface area contributed by atoms with E-state index in [-0.39, 0.29) is 5.41 Å². The van der Waals surface area contributed by atoms with Crippen molar-refractivity contribution in [3.05, 3.63) is 107 Å². The third-order valence-corrected chi connectivity index (χ3v) is 7.21. The summed E-state index contributed by atoms with van der Waals surface area (Å²) in [6.07, 6.45) is 2.35. The highest BCUT2D eigenvalue weighted by Crippen LogP contribution is 2.42. The van der Waals surface area contributed by atoms with Gasteiger partial charge in [-0.1, -0.05) is 95.4 Å². The van der Waals surface area contributed by atoms with E-state index in [1.807, 2.05) is 12.1 Å². The zero-order chi connectivity index (χ0) is 20.1. The van der Waals surface area contributed by atoms with Crippen molar-refractivity contribution in [1.29, 1.82) is 5.26 Å². The standard InChI is InChI=1S/C26H25IN2/c27-17-25-15-16-26(23-7-3-1-4-8-23,24-9-5-2-6-10-24)20-29(25)19-22-13-11-21(18-28)12-14-22/h1-14,25H,15-17,19-20H2. The summed E-state index contributed by atoms with van der Waals surface area (Å²) >= 11 is 2.53. The number of benzene rings is 3. The zero-order valence-corrected chi connectivity index (χ0v) is 18.6. The fraction of sp³-hybridized carbons (Fsp3) is 0.269. The Bertz CT molecular complexity index is 922. The number of piperidine rings is 1. The second-order valence-electron chi connectivity index (χ2n) is 7.87. The SMILES string of the molecule is N#Cc1ccc(CN2CC(c3ccccc3)(c3ccccc3)CCC2CI)cc1. The summed E-state index contributed by atoms with van der Waals surface area (Å²) in [6.45, 7) is 1.93. The van der Waals surface area contributed by atoms with Gasteiger partial charge in [0.05, 0.1) is 11.6 Å². The van der Waals surface area contributed by atoms with Crippen molar-refractivity contribution in [3.8, 4) is 6.07 Å². The van der Waals surface area contributed by atoms with E-state index in [4.69, 9.17) is 5.26 Å². The fourth-order valence-corrected chi connectivity index (χ4v) is 5.58. The first-order valence-electron chi connectivity index (χ1n) is 10.2. The predicted molar refractivity (Wildman–Crippen MR) is 127 cm³/mol. The molecule has 3 heteroatoms. The first-order valence-corrected chi connectivity index (χ1v) is 11.7. The van der Waals surface area contributed by atoms with Crippen LogP contribution in [0.1, 0.15) is 35.1 Å². The minimum absolute atomic E-state index is 0.0113. The molecule has 0 radical (unpaired) electrons. The molecule has 1 fully saturated rings. The number of hydrogen-bond donors (Lipinski definition) is 0. The average Bonchev–Trinajstić information content (AvgIpc) is 2.80. The van der Waals surface area contributed by atoms with Crippen molar-refractivity contribution in [2.75, 3.05) is 11.0 Å². The summed E-state index contributed by atoms with van der Waals surface area (Å²) in [5, 5.41) is 9.09. The van der Waals surface area contributed by atoms with Crippen molar-refractivity contribution in [2.24, 2.45) is 0 Å². The monoisotopic (exact) mass is 492 g/mol. The van der Waals surface area contributed by atoms with Crippen molar-refractivity contribution < 1.29 is 0 Å². The summed E-state index contributed by atoms with van der Waals surface area (Å²) in [5.41, 5.74) is 4.82. The lowest BCUT2D eigenvalue weighted by Gasteiger charge is -2.47. The molecule has 1 saturated heterocycles.